The maximum Gasteiger partial charge on any atom is 0.295 e. The van der Waals surface area contributed by atoms with Gasteiger partial charge in [0.15, 0.2) is 0 Å². The van der Waals surface area contributed by atoms with E-state index in [9.17, 15) is 10.1 Å². The largest absolute Gasteiger partial charge is 0.397 e. The number of nitro benzene ring substituents is 1. The van der Waals surface area contributed by atoms with Crippen molar-refractivity contribution in [2.45, 2.75) is 0 Å². The highest BCUT2D eigenvalue weighted by atomic mass is 79.9. The smallest absolute Gasteiger partial charge is 0.295 e. The third-order valence-electron chi connectivity index (χ3n) is 3.63. The van der Waals surface area contributed by atoms with Crippen LogP contribution in [0.15, 0.2) is 82.3 Å². The van der Waals surface area contributed by atoms with Gasteiger partial charge < -0.3 is 5.73 Å². The van der Waals surface area contributed by atoms with Gasteiger partial charge in [-0.3, -0.25) is 10.1 Å². The Bertz CT molecular complexity index is 1080. The summed E-state index contributed by atoms with van der Waals surface area (Å²) in [4.78, 5) is 10.4. The monoisotopic (exact) mass is 504 g/mol. The van der Waals surface area contributed by atoms with Crippen molar-refractivity contribution in [3.05, 3.63) is 92.4 Å². The van der Waals surface area contributed by atoms with Gasteiger partial charge in [0, 0.05) is 39.8 Å². The van der Waals surface area contributed by atoms with Crippen LogP contribution in [0.1, 0.15) is 0 Å². The fraction of sp³-hybridized carbons (Fsp3) is 0. The molecule has 4 aromatic rings. The van der Waals surface area contributed by atoms with E-state index >= 15 is 0 Å². The van der Waals surface area contributed by atoms with Gasteiger partial charge in [0.1, 0.15) is 5.69 Å². The van der Waals surface area contributed by atoms with Crippen molar-refractivity contribution in [2.24, 2.45) is 0 Å². The van der Waals surface area contributed by atoms with E-state index < -0.39 is 4.92 Å². The van der Waals surface area contributed by atoms with Crippen molar-refractivity contribution in [2.75, 3.05) is 5.73 Å². The Morgan fingerprint density at radius 3 is 1.93 bits per heavy atom. The number of anilines is 1. The predicted octanol–water partition coefficient (Wildman–Crippen LogP) is 4.76. The first-order valence-corrected chi connectivity index (χ1v) is 9.53. The fourth-order valence-electron chi connectivity index (χ4n) is 2.39. The van der Waals surface area contributed by atoms with Crippen LogP contribution in [0.3, 0.4) is 0 Å². The lowest BCUT2D eigenvalue weighted by molar-refractivity contribution is -0.384. The number of halogens is 2. The number of hydrogen-bond acceptors (Lipinski definition) is 5. The molecule has 2 heterocycles. The van der Waals surface area contributed by atoms with Crippen molar-refractivity contribution >= 4 is 43.2 Å². The van der Waals surface area contributed by atoms with Crippen molar-refractivity contribution in [1.82, 2.24) is 19.6 Å². The Morgan fingerprint density at radius 2 is 1.43 bits per heavy atom. The molecule has 0 bridgehead atoms. The van der Waals surface area contributed by atoms with Crippen molar-refractivity contribution in [1.29, 1.82) is 0 Å². The molecular weight excluding hydrogens is 492 g/mol. The van der Waals surface area contributed by atoms with E-state index in [1.807, 2.05) is 30.5 Å². The number of hydrogen-bond donors (Lipinski definition) is 1. The summed E-state index contributed by atoms with van der Waals surface area (Å²) in [5, 5.41) is 18.9. The van der Waals surface area contributed by atoms with Crippen LogP contribution in [0.2, 0.25) is 0 Å². The molecule has 2 N–H and O–H groups in total. The molecule has 4 rings (SSSR count). The zero-order valence-corrected chi connectivity index (χ0v) is 17.5. The van der Waals surface area contributed by atoms with E-state index in [-0.39, 0.29) is 5.69 Å². The van der Waals surface area contributed by atoms with Gasteiger partial charge in [0.25, 0.3) is 5.69 Å². The second-order valence-corrected chi connectivity index (χ2v) is 7.33. The number of rotatable bonds is 3. The minimum Gasteiger partial charge on any atom is -0.397 e. The molecule has 8 nitrogen and oxygen atoms in total. The first-order chi connectivity index (χ1) is 13.5. The standard InChI is InChI=1S/C9H6BrN3O2.C9H8BrN3/c10-7-2-3-8(9(6-7)13(14)15)12-5-1-4-11-12;10-7-2-3-9(8(11)6-7)13-5-1-4-12-13/h1-6H;1-6H,11H2. The number of nitrogen functional groups attached to an aromatic ring is 1. The van der Waals surface area contributed by atoms with Gasteiger partial charge in [-0.05, 0) is 42.5 Å². The molecule has 2 aromatic carbocycles. The topological polar surface area (TPSA) is 105 Å². The van der Waals surface area contributed by atoms with Gasteiger partial charge in [0.05, 0.1) is 16.3 Å². The van der Waals surface area contributed by atoms with Crippen LogP contribution in [-0.2, 0) is 0 Å². The summed E-state index contributed by atoms with van der Waals surface area (Å²) in [5.74, 6) is 0. The second kappa shape index (κ2) is 8.81. The summed E-state index contributed by atoms with van der Waals surface area (Å²) in [6, 6.07) is 14.1. The lowest BCUT2D eigenvalue weighted by atomic mass is 10.3. The van der Waals surface area contributed by atoms with Crippen LogP contribution in [-0.4, -0.2) is 24.5 Å². The molecule has 0 radical (unpaired) electrons. The average molecular weight is 506 g/mol. The van der Waals surface area contributed by atoms with Crippen LogP contribution in [0.4, 0.5) is 11.4 Å². The minimum absolute atomic E-state index is 0.0214. The molecule has 2 aromatic heterocycles. The molecular formula is C18H14Br2N6O2. The molecule has 0 aliphatic carbocycles. The van der Waals surface area contributed by atoms with Gasteiger partial charge >= 0.3 is 0 Å². The van der Waals surface area contributed by atoms with E-state index in [0.29, 0.717) is 15.8 Å². The van der Waals surface area contributed by atoms with Gasteiger partial charge in [0.2, 0.25) is 0 Å². The van der Waals surface area contributed by atoms with E-state index in [1.165, 1.54) is 10.7 Å². The quantitative estimate of drug-likeness (QED) is 0.245. The third-order valence-corrected chi connectivity index (χ3v) is 4.61. The maximum atomic E-state index is 10.8. The normalized spacial score (nSPS) is 10.2. The Balaban J connectivity index is 0.000000162. The molecule has 28 heavy (non-hydrogen) atoms. The fourth-order valence-corrected chi connectivity index (χ4v) is 3.12. The minimum atomic E-state index is -0.429. The summed E-state index contributed by atoms with van der Waals surface area (Å²) < 4.78 is 4.85. The molecule has 0 spiro atoms. The van der Waals surface area contributed by atoms with Crippen molar-refractivity contribution in [3.63, 3.8) is 0 Å². The zero-order valence-electron chi connectivity index (χ0n) is 14.3. The number of nitro groups is 1. The first-order valence-electron chi connectivity index (χ1n) is 7.94. The molecule has 0 fully saturated rings. The highest BCUT2D eigenvalue weighted by Crippen LogP contribution is 2.26. The number of aromatic nitrogens is 4. The van der Waals surface area contributed by atoms with Gasteiger partial charge in [-0.15, -0.1) is 0 Å². The Kier molecular flexibility index (Phi) is 6.22. The molecule has 0 atom stereocenters. The first kappa shape index (κ1) is 19.8. The molecule has 0 aliphatic heterocycles. The lowest BCUT2D eigenvalue weighted by Crippen LogP contribution is -2.00. The number of nitrogens with two attached hydrogens (primary N) is 1. The Morgan fingerprint density at radius 1 is 0.893 bits per heavy atom. The Hall–Kier alpha value is -2.98. The number of nitrogens with zero attached hydrogens (tertiary/aromatic N) is 5. The molecule has 0 aliphatic rings. The van der Waals surface area contributed by atoms with Crippen LogP contribution in [0, 0.1) is 10.1 Å². The highest BCUT2D eigenvalue weighted by Gasteiger charge is 2.15. The summed E-state index contributed by atoms with van der Waals surface area (Å²) in [7, 11) is 0. The summed E-state index contributed by atoms with van der Waals surface area (Å²) in [5.41, 5.74) is 7.90. The predicted molar refractivity (Wildman–Crippen MR) is 114 cm³/mol. The van der Waals surface area contributed by atoms with E-state index in [4.69, 9.17) is 5.73 Å². The molecule has 142 valence electrons. The van der Waals surface area contributed by atoms with Crippen LogP contribution < -0.4 is 5.73 Å². The molecule has 10 heteroatoms. The lowest BCUT2D eigenvalue weighted by Gasteiger charge is -2.05. The van der Waals surface area contributed by atoms with Crippen LogP contribution >= 0.6 is 31.9 Å². The summed E-state index contributed by atoms with van der Waals surface area (Å²) >= 11 is 6.54. The highest BCUT2D eigenvalue weighted by molar-refractivity contribution is 9.10. The van der Waals surface area contributed by atoms with Crippen molar-refractivity contribution in [3.8, 4) is 11.4 Å². The zero-order chi connectivity index (χ0) is 20.1. The van der Waals surface area contributed by atoms with Gasteiger partial charge in [-0.25, -0.2) is 9.36 Å². The molecule has 0 saturated heterocycles. The van der Waals surface area contributed by atoms with Crippen LogP contribution in [0.25, 0.3) is 11.4 Å². The number of benzene rings is 2. The van der Waals surface area contributed by atoms with E-state index in [2.05, 4.69) is 42.1 Å². The molecule has 0 saturated carbocycles. The average Bonchev–Trinajstić information content (AvgIpc) is 3.36. The second-order valence-electron chi connectivity index (χ2n) is 5.49. The summed E-state index contributed by atoms with van der Waals surface area (Å²) in [6.07, 6.45) is 6.82. The SMILES string of the molecule is Nc1cc(Br)ccc1-n1cccn1.O=[N+]([O-])c1cc(Br)ccc1-n1cccn1. The van der Waals surface area contributed by atoms with Crippen LogP contribution in [0.5, 0.6) is 0 Å². The van der Waals surface area contributed by atoms with E-state index in [1.54, 1.807) is 41.5 Å². The third kappa shape index (κ3) is 4.65. The maximum absolute atomic E-state index is 10.8. The Labute approximate surface area is 177 Å². The van der Waals surface area contributed by atoms with E-state index in [0.717, 1.165) is 10.2 Å². The van der Waals surface area contributed by atoms with Gasteiger partial charge in [-0.1, -0.05) is 31.9 Å². The molecule has 0 amide bonds. The summed E-state index contributed by atoms with van der Waals surface area (Å²) in [6.45, 7) is 0. The van der Waals surface area contributed by atoms with Gasteiger partial charge in [-0.2, -0.15) is 10.2 Å². The molecule has 0 unspecified atom stereocenters. The van der Waals surface area contributed by atoms with Crippen molar-refractivity contribution < 1.29 is 4.92 Å².